The normalized spacial score (nSPS) is 13.5. The van der Waals surface area contributed by atoms with Crippen LogP contribution in [0.25, 0.3) is 11.3 Å². The predicted molar refractivity (Wildman–Crippen MR) is 66.3 cm³/mol. The highest BCUT2D eigenvalue weighted by atomic mass is 19.4. The lowest BCUT2D eigenvalue weighted by Gasteiger charge is -2.09. The number of furan rings is 1. The molecule has 0 radical (unpaired) electrons. The van der Waals surface area contributed by atoms with Crippen molar-refractivity contribution in [1.82, 2.24) is 0 Å². The summed E-state index contributed by atoms with van der Waals surface area (Å²) in [6.07, 6.45) is -4.10. The molecule has 0 fully saturated rings. The van der Waals surface area contributed by atoms with Gasteiger partial charge < -0.3 is 10.2 Å². The van der Waals surface area contributed by atoms with Crippen LogP contribution in [-0.2, 0) is 6.18 Å². The molecule has 1 aromatic carbocycles. The molecule has 0 spiro atoms. The van der Waals surface area contributed by atoms with Crippen LogP contribution < -0.4 is 5.73 Å². The molecule has 2 N–H and O–H groups in total. The molecule has 0 bridgehead atoms. The molecule has 1 unspecified atom stereocenters. The van der Waals surface area contributed by atoms with Crippen LogP contribution in [-0.4, -0.2) is 0 Å². The van der Waals surface area contributed by atoms with E-state index in [0.717, 1.165) is 12.1 Å². The molecule has 6 heteroatoms. The number of hydrogen-bond donors (Lipinski definition) is 1. The van der Waals surface area contributed by atoms with Crippen molar-refractivity contribution in [3.05, 3.63) is 47.5 Å². The Bertz CT molecular complexity index is 603. The van der Waals surface area contributed by atoms with E-state index < -0.39 is 17.6 Å². The minimum absolute atomic E-state index is 0.160. The van der Waals surface area contributed by atoms with Gasteiger partial charge in [0.25, 0.3) is 0 Å². The first-order chi connectivity index (χ1) is 9.32. The number of nitrogens with two attached hydrogens (primary N) is 1. The van der Waals surface area contributed by atoms with Gasteiger partial charge in [-0.3, -0.25) is 0 Å². The van der Waals surface area contributed by atoms with Crippen LogP contribution in [0.2, 0.25) is 0 Å². The quantitative estimate of drug-likeness (QED) is 0.843. The maximum absolute atomic E-state index is 13.2. The second kappa shape index (κ2) is 5.28. The van der Waals surface area contributed by atoms with Crippen LogP contribution in [0.5, 0.6) is 0 Å². The van der Waals surface area contributed by atoms with Gasteiger partial charge in [0.1, 0.15) is 17.3 Å². The average Bonchev–Trinajstić information content (AvgIpc) is 2.86. The van der Waals surface area contributed by atoms with Crippen molar-refractivity contribution in [2.75, 3.05) is 0 Å². The van der Waals surface area contributed by atoms with Gasteiger partial charge in [0.05, 0.1) is 11.6 Å². The van der Waals surface area contributed by atoms with Gasteiger partial charge in [0.15, 0.2) is 0 Å². The first-order valence-electron chi connectivity index (χ1n) is 6.05. The van der Waals surface area contributed by atoms with Crippen LogP contribution in [0.1, 0.15) is 30.7 Å². The number of rotatable bonds is 3. The van der Waals surface area contributed by atoms with E-state index >= 15 is 0 Å². The molecule has 1 aromatic heterocycles. The largest absolute Gasteiger partial charge is 0.459 e. The minimum Gasteiger partial charge on any atom is -0.459 e. The molecule has 0 aliphatic rings. The standard InChI is InChI=1S/C14H13F4NO/c1-2-11(19)13-6-5-12(20-13)8-3-4-10(15)9(7-8)14(16,17)18/h3-7,11H,2,19H2,1H3. The molecule has 2 aromatic rings. The fraction of sp³-hybridized carbons (Fsp3) is 0.286. The summed E-state index contributed by atoms with van der Waals surface area (Å²) >= 11 is 0. The lowest BCUT2D eigenvalue weighted by Crippen LogP contribution is -2.08. The molecule has 0 aliphatic heterocycles. The Kier molecular flexibility index (Phi) is 3.85. The van der Waals surface area contributed by atoms with Crippen molar-refractivity contribution in [3.63, 3.8) is 0 Å². The van der Waals surface area contributed by atoms with E-state index in [1.165, 1.54) is 12.1 Å². The molecule has 2 rings (SSSR count). The van der Waals surface area contributed by atoms with Gasteiger partial charge in [-0.15, -0.1) is 0 Å². The van der Waals surface area contributed by atoms with Gasteiger partial charge in [-0.25, -0.2) is 4.39 Å². The second-order valence-electron chi connectivity index (χ2n) is 4.41. The van der Waals surface area contributed by atoms with Gasteiger partial charge in [-0.2, -0.15) is 13.2 Å². The lowest BCUT2D eigenvalue weighted by atomic mass is 10.1. The Morgan fingerprint density at radius 3 is 2.50 bits per heavy atom. The van der Waals surface area contributed by atoms with E-state index in [9.17, 15) is 17.6 Å². The van der Waals surface area contributed by atoms with Gasteiger partial charge in [-0.1, -0.05) is 6.92 Å². The molecular formula is C14H13F4NO. The highest BCUT2D eigenvalue weighted by molar-refractivity contribution is 5.59. The predicted octanol–water partition coefficient (Wildman–Crippen LogP) is 4.51. The number of benzene rings is 1. The van der Waals surface area contributed by atoms with E-state index in [2.05, 4.69) is 0 Å². The highest BCUT2D eigenvalue weighted by Gasteiger charge is 2.34. The zero-order chi connectivity index (χ0) is 14.9. The molecular weight excluding hydrogens is 274 g/mol. The summed E-state index contributed by atoms with van der Waals surface area (Å²) in [6.45, 7) is 1.87. The topological polar surface area (TPSA) is 39.2 Å². The summed E-state index contributed by atoms with van der Waals surface area (Å²) in [5, 5.41) is 0. The molecule has 0 aliphatic carbocycles. The first kappa shape index (κ1) is 14.6. The average molecular weight is 287 g/mol. The van der Waals surface area contributed by atoms with E-state index in [-0.39, 0.29) is 17.4 Å². The number of halogens is 4. The fourth-order valence-corrected chi connectivity index (χ4v) is 1.80. The third kappa shape index (κ3) is 2.85. The summed E-state index contributed by atoms with van der Waals surface area (Å²) < 4.78 is 56.5. The van der Waals surface area contributed by atoms with E-state index in [4.69, 9.17) is 10.2 Å². The Morgan fingerprint density at radius 2 is 1.90 bits per heavy atom. The fourth-order valence-electron chi connectivity index (χ4n) is 1.80. The van der Waals surface area contributed by atoms with Crippen molar-refractivity contribution in [2.45, 2.75) is 25.6 Å². The Balaban J connectivity index is 2.41. The lowest BCUT2D eigenvalue weighted by molar-refractivity contribution is -0.139. The molecule has 2 nitrogen and oxygen atoms in total. The van der Waals surface area contributed by atoms with Crippen molar-refractivity contribution in [3.8, 4) is 11.3 Å². The van der Waals surface area contributed by atoms with Crippen LogP contribution >= 0.6 is 0 Å². The van der Waals surface area contributed by atoms with Crippen LogP contribution in [0.15, 0.2) is 34.7 Å². The van der Waals surface area contributed by atoms with Crippen molar-refractivity contribution < 1.29 is 22.0 Å². The summed E-state index contributed by atoms with van der Waals surface area (Å²) in [4.78, 5) is 0. The van der Waals surface area contributed by atoms with E-state index in [1.807, 2.05) is 6.92 Å². The Morgan fingerprint density at radius 1 is 1.20 bits per heavy atom. The van der Waals surface area contributed by atoms with Gasteiger partial charge in [0, 0.05) is 5.56 Å². The molecule has 0 saturated carbocycles. The van der Waals surface area contributed by atoms with Gasteiger partial charge in [0.2, 0.25) is 0 Å². The van der Waals surface area contributed by atoms with E-state index in [0.29, 0.717) is 12.2 Å². The molecule has 1 atom stereocenters. The van der Waals surface area contributed by atoms with Crippen LogP contribution in [0.4, 0.5) is 17.6 Å². The Labute approximate surface area is 113 Å². The summed E-state index contributed by atoms with van der Waals surface area (Å²) in [5.41, 5.74) is 4.62. The Hall–Kier alpha value is -1.82. The number of alkyl halides is 3. The second-order valence-corrected chi connectivity index (χ2v) is 4.41. The monoisotopic (exact) mass is 287 g/mol. The SMILES string of the molecule is CCC(N)c1ccc(-c2ccc(F)c(C(F)(F)F)c2)o1. The summed E-state index contributed by atoms with van der Waals surface area (Å²) in [5.74, 6) is -0.590. The van der Waals surface area contributed by atoms with Gasteiger partial charge >= 0.3 is 6.18 Å². The summed E-state index contributed by atoms with van der Waals surface area (Å²) in [6, 6.07) is 5.57. The number of hydrogen-bond acceptors (Lipinski definition) is 2. The summed E-state index contributed by atoms with van der Waals surface area (Å²) in [7, 11) is 0. The van der Waals surface area contributed by atoms with Crippen LogP contribution in [0.3, 0.4) is 0 Å². The molecule has 20 heavy (non-hydrogen) atoms. The maximum atomic E-state index is 13.2. The van der Waals surface area contributed by atoms with E-state index in [1.54, 1.807) is 6.07 Å². The molecule has 0 amide bonds. The molecule has 0 saturated heterocycles. The van der Waals surface area contributed by atoms with Crippen molar-refractivity contribution >= 4 is 0 Å². The smallest absolute Gasteiger partial charge is 0.419 e. The molecule has 1 heterocycles. The zero-order valence-corrected chi connectivity index (χ0v) is 10.7. The first-order valence-corrected chi connectivity index (χ1v) is 6.05. The third-order valence-corrected chi connectivity index (χ3v) is 2.99. The zero-order valence-electron chi connectivity index (χ0n) is 10.7. The van der Waals surface area contributed by atoms with Gasteiger partial charge in [-0.05, 0) is 36.8 Å². The third-order valence-electron chi connectivity index (χ3n) is 2.99. The highest BCUT2D eigenvalue weighted by Crippen LogP contribution is 2.35. The van der Waals surface area contributed by atoms with Crippen molar-refractivity contribution in [1.29, 1.82) is 0 Å². The van der Waals surface area contributed by atoms with Crippen LogP contribution in [0, 0.1) is 5.82 Å². The maximum Gasteiger partial charge on any atom is 0.419 e. The van der Waals surface area contributed by atoms with Crippen molar-refractivity contribution in [2.24, 2.45) is 5.73 Å². The minimum atomic E-state index is -4.74. The molecule has 108 valence electrons.